The molecule has 62 valence electrons. The zero-order valence-corrected chi connectivity index (χ0v) is 11.7. The van der Waals surface area contributed by atoms with Crippen molar-refractivity contribution in [3.05, 3.63) is 6.42 Å². The Morgan fingerprint density at radius 1 is 1.30 bits per heavy atom. The third-order valence-electron chi connectivity index (χ3n) is 0.854. The Bertz CT molecular complexity index is 120. The van der Waals surface area contributed by atoms with Crippen LogP contribution in [0.3, 0.4) is 0 Å². The molecule has 6 heteroatoms. The van der Waals surface area contributed by atoms with Gasteiger partial charge in [-0.3, -0.25) is 11.0 Å². The van der Waals surface area contributed by atoms with Crippen molar-refractivity contribution in [2.75, 3.05) is 19.9 Å². The van der Waals surface area contributed by atoms with Crippen molar-refractivity contribution in [3.63, 3.8) is 0 Å². The van der Waals surface area contributed by atoms with E-state index in [-0.39, 0.29) is 40.8 Å². The van der Waals surface area contributed by atoms with E-state index >= 15 is 0 Å². The van der Waals surface area contributed by atoms with E-state index in [2.05, 4.69) is 0 Å². The minimum atomic E-state index is -2.62. The molecule has 1 saturated heterocycles. The summed E-state index contributed by atoms with van der Waals surface area (Å²) >= 11 is 0. The van der Waals surface area contributed by atoms with Gasteiger partial charge in [0, 0.05) is 47.5 Å². The molecule has 0 unspecified atom stereocenters. The Hall–Kier alpha value is 1.47. The van der Waals surface area contributed by atoms with Crippen molar-refractivity contribution in [3.8, 4) is 0 Å². The largest absolute Gasteiger partial charge is 0.342 e. The summed E-state index contributed by atoms with van der Waals surface area (Å²) in [6.45, 7) is 2.38. The van der Waals surface area contributed by atoms with E-state index in [1.165, 1.54) is 6.66 Å². The molecule has 0 aromatic rings. The molecule has 1 rings (SSSR count). The van der Waals surface area contributed by atoms with Crippen molar-refractivity contribution in [2.45, 2.75) is 0 Å². The molecule has 1 fully saturated rings. The minimum absolute atomic E-state index is 0. The molecule has 0 aromatic carbocycles. The van der Waals surface area contributed by atoms with Gasteiger partial charge in [0.25, 0.3) is 0 Å². The van der Waals surface area contributed by atoms with E-state index in [0.717, 1.165) is 0 Å². The van der Waals surface area contributed by atoms with E-state index in [4.69, 9.17) is 9.05 Å². The number of hydrogen-bond acceptors (Lipinski definition) is 3. The van der Waals surface area contributed by atoms with Gasteiger partial charge in [0.1, 0.15) is 0 Å². The van der Waals surface area contributed by atoms with Crippen molar-refractivity contribution < 1.29 is 54.5 Å². The van der Waals surface area contributed by atoms with Gasteiger partial charge in [-0.15, -0.1) is 0 Å². The van der Waals surface area contributed by atoms with Crippen LogP contribution in [0.1, 0.15) is 0 Å². The zero-order valence-electron chi connectivity index (χ0n) is 5.42. The Labute approximate surface area is 88.1 Å². The van der Waals surface area contributed by atoms with Crippen molar-refractivity contribution in [1.29, 1.82) is 0 Å². The zero-order chi connectivity index (χ0) is 6.04. The van der Waals surface area contributed by atoms with E-state index in [9.17, 15) is 4.57 Å². The fourth-order valence-electron chi connectivity index (χ4n) is 0.462. The van der Waals surface area contributed by atoms with E-state index in [0.29, 0.717) is 13.2 Å². The summed E-state index contributed by atoms with van der Waals surface area (Å²) in [6, 6.07) is 0. The summed E-state index contributed by atoms with van der Waals surface area (Å²) in [6.07, 6.45) is 1.79. The standard InChI is InChI=1S/C4H8O3P.2Re/c1-8(5)6-3-2-4-7-8;;/h2H,3-4H2,1H3;;/q-1;;. The quantitative estimate of drug-likeness (QED) is 0.364. The van der Waals surface area contributed by atoms with E-state index in [1.54, 1.807) is 6.42 Å². The molecule has 0 aliphatic carbocycles. The van der Waals surface area contributed by atoms with Crippen LogP contribution < -0.4 is 0 Å². The van der Waals surface area contributed by atoms with Crippen LogP contribution >= 0.6 is 7.60 Å². The molecule has 1 aliphatic rings. The van der Waals surface area contributed by atoms with E-state index < -0.39 is 7.60 Å². The molecular weight excluding hydrogens is 499 g/mol. The maximum Gasteiger partial charge on any atom is 0.322 e. The first kappa shape index (κ1) is 14.0. The maximum atomic E-state index is 10.8. The molecule has 0 N–H and O–H groups in total. The topological polar surface area (TPSA) is 35.5 Å². The van der Waals surface area contributed by atoms with Crippen LogP contribution in [0.25, 0.3) is 0 Å². The van der Waals surface area contributed by atoms with Crippen LogP contribution in [0, 0.1) is 6.42 Å². The van der Waals surface area contributed by atoms with Gasteiger partial charge in [-0.2, -0.15) is 0 Å². The smallest absolute Gasteiger partial charge is 0.322 e. The third-order valence-corrected chi connectivity index (χ3v) is 2.09. The van der Waals surface area contributed by atoms with Crippen LogP contribution in [0.4, 0.5) is 0 Å². The second-order valence-corrected chi connectivity index (χ2v) is 3.71. The van der Waals surface area contributed by atoms with Crippen molar-refractivity contribution in [2.24, 2.45) is 0 Å². The maximum absolute atomic E-state index is 10.8. The molecule has 0 spiro atoms. The molecule has 0 saturated carbocycles. The van der Waals surface area contributed by atoms with Gasteiger partial charge in [0.05, 0.1) is 0 Å². The Balaban J connectivity index is 0. The Morgan fingerprint density at radius 3 is 1.90 bits per heavy atom. The fourth-order valence-corrected chi connectivity index (χ4v) is 1.29. The summed E-state index contributed by atoms with van der Waals surface area (Å²) in [7, 11) is -2.62. The number of hydrogen-bond donors (Lipinski definition) is 0. The molecule has 2 radical (unpaired) electrons. The second kappa shape index (κ2) is 6.04. The predicted octanol–water partition coefficient (Wildman–Crippen LogP) is 1.06. The predicted molar refractivity (Wildman–Crippen MR) is 29.7 cm³/mol. The van der Waals surface area contributed by atoms with Gasteiger partial charge < -0.3 is 9.05 Å². The van der Waals surface area contributed by atoms with Gasteiger partial charge in [-0.25, -0.2) is 0 Å². The number of rotatable bonds is 0. The first-order valence-corrected chi connectivity index (χ1v) is 4.38. The Morgan fingerprint density at radius 2 is 1.70 bits per heavy atom. The van der Waals surface area contributed by atoms with Crippen molar-refractivity contribution >= 4 is 7.60 Å². The van der Waals surface area contributed by atoms with Crippen LogP contribution in [0.2, 0.25) is 0 Å². The summed E-state index contributed by atoms with van der Waals surface area (Å²) in [5.74, 6) is 0. The summed E-state index contributed by atoms with van der Waals surface area (Å²) < 4.78 is 20.3. The van der Waals surface area contributed by atoms with Crippen LogP contribution in [-0.4, -0.2) is 19.9 Å². The molecule has 3 nitrogen and oxygen atoms in total. The van der Waals surface area contributed by atoms with Crippen LogP contribution in [0.5, 0.6) is 0 Å². The van der Waals surface area contributed by atoms with Gasteiger partial charge in [-0.05, 0) is 0 Å². The molecule has 0 amide bonds. The monoisotopic (exact) mass is 509 g/mol. The van der Waals surface area contributed by atoms with Crippen LogP contribution in [-0.2, 0) is 54.5 Å². The second-order valence-electron chi connectivity index (χ2n) is 1.65. The molecule has 1 heterocycles. The minimum Gasteiger partial charge on any atom is -0.342 e. The fraction of sp³-hybridized carbons (Fsp3) is 0.750. The first-order chi connectivity index (χ1) is 3.71. The Kier molecular flexibility index (Phi) is 8.47. The van der Waals surface area contributed by atoms with Gasteiger partial charge in [-0.1, -0.05) is 13.2 Å². The summed E-state index contributed by atoms with van der Waals surface area (Å²) in [5.41, 5.74) is 0. The normalized spacial score (nSPS) is 22.1. The van der Waals surface area contributed by atoms with Gasteiger partial charge >= 0.3 is 7.60 Å². The van der Waals surface area contributed by atoms with Gasteiger partial charge in [0.2, 0.25) is 0 Å². The summed E-state index contributed by atoms with van der Waals surface area (Å²) in [4.78, 5) is 0. The molecule has 1 aliphatic heterocycles. The first-order valence-electron chi connectivity index (χ1n) is 2.39. The molecule has 10 heavy (non-hydrogen) atoms. The third kappa shape index (κ3) is 5.17. The van der Waals surface area contributed by atoms with Crippen LogP contribution in [0.15, 0.2) is 0 Å². The molecular formula is C4H8O3PRe2-. The van der Waals surface area contributed by atoms with E-state index in [1.807, 2.05) is 0 Å². The molecule has 0 aromatic heterocycles. The average molecular weight is 507 g/mol. The molecule has 0 bridgehead atoms. The van der Waals surface area contributed by atoms with Crippen molar-refractivity contribution in [1.82, 2.24) is 0 Å². The average Bonchev–Trinajstić information content (AvgIpc) is 1.65. The molecule has 0 atom stereocenters. The summed E-state index contributed by atoms with van der Waals surface area (Å²) in [5, 5.41) is 0. The SMILES string of the molecule is CP1(=O)OC[CH-]CO1.[Re].[Re]. The van der Waals surface area contributed by atoms with Gasteiger partial charge in [0.15, 0.2) is 0 Å².